The number of aliphatic carboxylic acids is 1. The number of carboxylic acid groups (broad SMARTS) is 1. The van der Waals surface area contributed by atoms with E-state index in [1.54, 1.807) is 4.90 Å². The molecule has 0 spiro atoms. The van der Waals surface area contributed by atoms with Gasteiger partial charge in [-0.2, -0.15) is 0 Å². The molecular formula is C12H20N2O5S. The number of carboxylic acids is 1. The highest BCUT2D eigenvalue weighted by molar-refractivity contribution is 7.91. The standard InChI is InChI=1S/C12H20N2O5S/c15-11(16)3-5-14(10-1-2-10)12(17)13-7-9-4-6-20(18,19)8-9/h9-10H,1-8H2,(H,13,17)(H,15,16). The first-order valence-electron chi connectivity index (χ1n) is 6.84. The Hall–Kier alpha value is -1.31. The van der Waals surface area contributed by atoms with Crippen molar-refractivity contribution in [2.75, 3.05) is 24.6 Å². The van der Waals surface area contributed by atoms with E-state index in [0.29, 0.717) is 13.0 Å². The van der Waals surface area contributed by atoms with E-state index in [2.05, 4.69) is 5.32 Å². The number of nitrogens with zero attached hydrogens (tertiary/aromatic N) is 1. The summed E-state index contributed by atoms with van der Waals surface area (Å²) in [5, 5.41) is 11.4. The van der Waals surface area contributed by atoms with Crippen molar-refractivity contribution in [1.82, 2.24) is 10.2 Å². The molecule has 1 heterocycles. The smallest absolute Gasteiger partial charge is 0.317 e. The van der Waals surface area contributed by atoms with Crippen LogP contribution in [0.25, 0.3) is 0 Å². The van der Waals surface area contributed by atoms with Gasteiger partial charge in [0, 0.05) is 19.1 Å². The van der Waals surface area contributed by atoms with Gasteiger partial charge in [-0.05, 0) is 25.2 Å². The highest BCUT2D eigenvalue weighted by Crippen LogP contribution is 2.27. The van der Waals surface area contributed by atoms with Gasteiger partial charge in [0.05, 0.1) is 17.9 Å². The average Bonchev–Trinajstić information content (AvgIpc) is 3.11. The van der Waals surface area contributed by atoms with Crippen molar-refractivity contribution in [3.8, 4) is 0 Å². The van der Waals surface area contributed by atoms with Gasteiger partial charge in [-0.1, -0.05) is 0 Å². The molecule has 2 rings (SSSR count). The molecule has 0 aromatic carbocycles. The number of hydrogen-bond donors (Lipinski definition) is 2. The molecule has 1 saturated heterocycles. The minimum atomic E-state index is -2.93. The Balaban J connectivity index is 1.78. The molecule has 1 aliphatic carbocycles. The first-order chi connectivity index (χ1) is 9.37. The normalized spacial score (nSPS) is 24.3. The number of hydrogen-bond acceptors (Lipinski definition) is 4. The van der Waals surface area contributed by atoms with E-state index < -0.39 is 15.8 Å². The summed E-state index contributed by atoms with van der Waals surface area (Å²) in [6.07, 6.45) is 2.33. The molecule has 8 heteroatoms. The molecule has 2 N–H and O–H groups in total. The summed E-state index contributed by atoms with van der Waals surface area (Å²) < 4.78 is 22.7. The van der Waals surface area contributed by atoms with E-state index in [4.69, 9.17) is 5.11 Å². The second-order valence-electron chi connectivity index (χ2n) is 5.52. The predicted molar refractivity (Wildman–Crippen MR) is 72.1 cm³/mol. The van der Waals surface area contributed by atoms with Gasteiger partial charge in [-0.15, -0.1) is 0 Å². The highest BCUT2D eigenvalue weighted by atomic mass is 32.2. The maximum atomic E-state index is 12.0. The largest absolute Gasteiger partial charge is 0.481 e. The van der Waals surface area contributed by atoms with Gasteiger partial charge in [-0.3, -0.25) is 4.79 Å². The summed E-state index contributed by atoms with van der Waals surface area (Å²) in [6.45, 7) is 0.545. The Morgan fingerprint density at radius 1 is 1.25 bits per heavy atom. The molecule has 2 fully saturated rings. The Labute approximate surface area is 118 Å². The molecular weight excluding hydrogens is 284 g/mol. The van der Waals surface area contributed by atoms with Crippen LogP contribution >= 0.6 is 0 Å². The number of sulfone groups is 1. The number of amides is 2. The van der Waals surface area contributed by atoms with Gasteiger partial charge in [0.25, 0.3) is 0 Å². The minimum Gasteiger partial charge on any atom is -0.481 e. The molecule has 0 aromatic heterocycles. The summed E-state index contributed by atoms with van der Waals surface area (Å²) in [5.74, 6) is -0.625. The summed E-state index contributed by atoms with van der Waals surface area (Å²) in [5.41, 5.74) is 0. The lowest BCUT2D eigenvalue weighted by Crippen LogP contribution is -2.44. The van der Waals surface area contributed by atoms with Gasteiger partial charge in [-0.25, -0.2) is 13.2 Å². The van der Waals surface area contributed by atoms with Gasteiger partial charge in [0.2, 0.25) is 0 Å². The molecule has 7 nitrogen and oxygen atoms in total. The zero-order valence-electron chi connectivity index (χ0n) is 11.2. The molecule has 20 heavy (non-hydrogen) atoms. The molecule has 1 atom stereocenters. The van der Waals surface area contributed by atoms with Crippen LogP contribution in [-0.4, -0.2) is 61.1 Å². The van der Waals surface area contributed by atoms with Crippen LogP contribution in [-0.2, 0) is 14.6 Å². The van der Waals surface area contributed by atoms with Crippen molar-refractivity contribution in [3.63, 3.8) is 0 Å². The van der Waals surface area contributed by atoms with Crippen molar-refractivity contribution in [2.24, 2.45) is 5.92 Å². The van der Waals surface area contributed by atoms with Gasteiger partial charge in [0.15, 0.2) is 9.84 Å². The highest BCUT2D eigenvalue weighted by Gasteiger charge is 2.33. The Kier molecular flexibility index (Phi) is 4.52. The second kappa shape index (κ2) is 5.99. The van der Waals surface area contributed by atoms with Crippen LogP contribution in [0.2, 0.25) is 0 Å². The third-order valence-electron chi connectivity index (χ3n) is 3.68. The van der Waals surface area contributed by atoms with Gasteiger partial charge < -0.3 is 15.3 Å². The van der Waals surface area contributed by atoms with Crippen LogP contribution in [0.5, 0.6) is 0 Å². The van der Waals surface area contributed by atoms with E-state index >= 15 is 0 Å². The first-order valence-corrected chi connectivity index (χ1v) is 8.66. The molecule has 1 unspecified atom stereocenters. The molecule has 2 aliphatic rings. The summed E-state index contributed by atoms with van der Waals surface area (Å²) in [7, 11) is -2.93. The Morgan fingerprint density at radius 3 is 2.45 bits per heavy atom. The quantitative estimate of drug-likeness (QED) is 0.722. The fraction of sp³-hybridized carbons (Fsp3) is 0.833. The van der Waals surface area contributed by atoms with Gasteiger partial charge >= 0.3 is 12.0 Å². The maximum Gasteiger partial charge on any atom is 0.317 e. The predicted octanol–water partition coefficient (Wildman–Crippen LogP) is 0.0698. The Bertz CT molecular complexity index is 486. The van der Waals surface area contributed by atoms with Crippen LogP contribution in [0.4, 0.5) is 4.79 Å². The van der Waals surface area contributed by atoms with Crippen molar-refractivity contribution in [2.45, 2.75) is 31.7 Å². The SMILES string of the molecule is O=C(O)CCN(C(=O)NCC1CCS(=O)(=O)C1)C1CC1. The van der Waals surface area contributed by atoms with Crippen molar-refractivity contribution in [1.29, 1.82) is 0 Å². The molecule has 0 bridgehead atoms. The fourth-order valence-corrected chi connectivity index (χ4v) is 4.28. The zero-order chi connectivity index (χ0) is 14.8. The van der Waals surface area contributed by atoms with E-state index in [1.807, 2.05) is 0 Å². The second-order valence-corrected chi connectivity index (χ2v) is 7.75. The molecule has 2 amide bonds. The summed E-state index contributed by atoms with van der Waals surface area (Å²) >= 11 is 0. The van der Waals surface area contributed by atoms with E-state index in [0.717, 1.165) is 12.8 Å². The Morgan fingerprint density at radius 2 is 1.95 bits per heavy atom. The minimum absolute atomic E-state index is 0.0236. The number of carbonyl (C=O) groups is 2. The maximum absolute atomic E-state index is 12.0. The average molecular weight is 304 g/mol. The molecule has 114 valence electrons. The third kappa shape index (κ3) is 4.36. The van der Waals surface area contributed by atoms with Crippen LogP contribution in [0.1, 0.15) is 25.7 Å². The molecule has 1 aliphatic heterocycles. The summed E-state index contributed by atoms with van der Waals surface area (Å²) in [4.78, 5) is 24.2. The molecule has 0 aromatic rings. The topological polar surface area (TPSA) is 104 Å². The number of urea groups is 1. The van der Waals surface area contributed by atoms with E-state index in [-0.39, 0.29) is 42.5 Å². The third-order valence-corrected chi connectivity index (χ3v) is 5.52. The fourth-order valence-electron chi connectivity index (χ4n) is 2.42. The lowest BCUT2D eigenvalue weighted by molar-refractivity contribution is -0.137. The van der Waals surface area contributed by atoms with E-state index in [9.17, 15) is 18.0 Å². The lowest BCUT2D eigenvalue weighted by Gasteiger charge is -2.23. The number of carbonyl (C=O) groups excluding carboxylic acids is 1. The first kappa shape index (κ1) is 15.1. The van der Waals surface area contributed by atoms with Crippen LogP contribution in [0, 0.1) is 5.92 Å². The van der Waals surface area contributed by atoms with E-state index in [1.165, 1.54) is 0 Å². The van der Waals surface area contributed by atoms with Crippen LogP contribution in [0.3, 0.4) is 0 Å². The van der Waals surface area contributed by atoms with Crippen molar-refractivity contribution < 1.29 is 23.1 Å². The van der Waals surface area contributed by atoms with Crippen molar-refractivity contribution in [3.05, 3.63) is 0 Å². The molecule has 1 saturated carbocycles. The monoisotopic (exact) mass is 304 g/mol. The zero-order valence-corrected chi connectivity index (χ0v) is 12.1. The van der Waals surface area contributed by atoms with Gasteiger partial charge in [0.1, 0.15) is 0 Å². The van der Waals surface area contributed by atoms with Crippen LogP contribution in [0.15, 0.2) is 0 Å². The molecule has 0 radical (unpaired) electrons. The summed E-state index contributed by atoms with van der Waals surface area (Å²) in [6, 6.07) is -0.139. The van der Waals surface area contributed by atoms with Crippen molar-refractivity contribution >= 4 is 21.8 Å². The number of nitrogens with one attached hydrogen (secondary N) is 1. The number of rotatable bonds is 6. The lowest BCUT2D eigenvalue weighted by atomic mass is 10.1. The van der Waals surface area contributed by atoms with Crippen LogP contribution < -0.4 is 5.32 Å².